The van der Waals surface area contributed by atoms with Crippen LogP contribution in [0.1, 0.15) is 194 Å². The van der Waals surface area contributed by atoms with Gasteiger partial charge in [-0.05, 0) is 38.5 Å². The van der Waals surface area contributed by atoms with Crippen molar-refractivity contribution in [3.63, 3.8) is 0 Å². The van der Waals surface area contributed by atoms with Crippen LogP contribution in [0.5, 0.6) is 0 Å². The first-order chi connectivity index (χ1) is 27.4. The van der Waals surface area contributed by atoms with E-state index in [0.29, 0.717) is 19.3 Å². The Kier molecular flexibility index (Phi) is 32.6. The monoisotopic (exact) mass is 838 g/mol. The van der Waals surface area contributed by atoms with E-state index in [2.05, 4.69) is 35.5 Å². The summed E-state index contributed by atoms with van der Waals surface area (Å²) < 4.78 is 47.4. The predicted molar refractivity (Wildman–Crippen MR) is 224 cm³/mol. The van der Waals surface area contributed by atoms with Crippen LogP contribution in [0, 0.1) is 0 Å². The molecule has 0 aliphatic carbocycles. The van der Waals surface area contributed by atoms with Gasteiger partial charge in [0, 0.05) is 0 Å². The minimum Gasteiger partial charge on any atom is -0.394 e. The SMILES string of the molecule is CCCCCCCCCCC/C=C\CCCCCCCCC(O)C(=O)NC(COC1OC(CO)C(O)C(OS(=O)(=O)O)C1O)C(O)CCCCCCCCCCC. The molecule has 0 aromatic rings. The summed E-state index contributed by atoms with van der Waals surface area (Å²) in [7, 11) is -5.10. The highest BCUT2D eigenvalue weighted by atomic mass is 32.3. The predicted octanol–water partition coefficient (Wildman–Crippen LogP) is 7.36. The summed E-state index contributed by atoms with van der Waals surface area (Å²) in [5.41, 5.74) is 0. The van der Waals surface area contributed by atoms with Crippen LogP contribution in [0.4, 0.5) is 0 Å². The lowest BCUT2D eigenvalue weighted by molar-refractivity contribution is -0.298. The lowest BCUT2D eigenvalue weighted by Crippen LogP contribution is -2.61. The molecular formula is C43H83NO12S. The van der Waals surface area contributed by atoms with Crippen molar-refractivity contribution in [2.24, 2.45) is 0 Å². The number of amides is 1. The van der Waals surface area contributed by atoms with E-state index >= 15 is 0 Å². The molecule has 0 saturated carbocycles. The summed E-state index contributed by atoms with van der Waals surface area (Å²) in [6.45, 7) is 3.23. The largest absolute Gasteiger partial charge is 0.397 e. The fraction of sp³-hybridized carbons (Fsp3) is 0.930. The first kappa shape index (κ1) is 53.8. The third-order valence-corrected chi connectivity index (χ3v) is 11.4. The van der Waals surface area contributed by atoms with Crippen molar-refractivity contribution < 1.29 is 57.0 Å². The molecule has 14 heteroatoms. The smallest absolute Gasteiger partial charge is 0.394 e. The van der Waals surface area contributed by atoms with Crippen molar-refractivity contribution in [2.75, 3.05) is 13.2 Å². The number of ether oxygens (including phenoxy) is 2. The van der Waals surface area contributed by atoms with Crippen molar-refractivity contribution in [2.45, 2.75) is 243 Å². The van der Waals surface area contributed by atoms with Gasteiger partial charge in [0.2, 0.25) is 5.91 Å². The summed E-state index contributed by atoms with van der Waals surface area (Å²) in [4.78, 5) is 13.1. The molecule has 338 valence electrons. The third kappa shape index (κ3) is 27.3. The van der Waals surface area contributed by atoms with Gasteiger partial charge >= 0.3 is 10.4 Å². The molecule has 0 spiro atoms. The average Bonchev–Trinajstić information content (AvgIpc) is 3.18. The number of aliphatic hydroxyl groups is 5. The second kappa shape index (κ2) is 34.5. The van der Waals surface area contributed by atoms with Gasteiger partial charge < -0.3 is 40.3 Å². The molecule has 0 bridgehead atoms. The normalized spacial score (nSPS) is 21.9. The van der Waals surface area contributed by atoms with Gasteiger partial charge in [-0.1, -0.05) is 167 Å². The summed E-state index contributed by atoms with van der Waals surface area (Å²) in [5, 5.41) is 55.1. The summed E-state index contributed by atoms with van der Waals surface area (Å²) in [5.74, 6) is -0.676. The highest BCUT2D eigenvalue weighted by Gasteiger charge is 2.48. The minimum atomic E-state index is -5.10. The highest BCUT2D eigenvalue weighted by molar-refractivity contribution is 7.80. The van der Waals surface area contributed by atoms with Crippen LogP contribution < -0.4 is 5.32 Å². The number of nitrogens with one attached hydrogen (secondary N) is 1. The van der Waals surface area contributed by atoms with Crippen LogP contribution in [0.3, 0.4) is 0 Å². The number of hydrogen-bond donors (Lipinski definition) is 7. The van der Waals surface area contributed by atoms with Crippen LogP contribution in [-0.2, 0) is 28.9 Å². The Morgan fingerprint density at radius 1 is 0.684 bits per heavy atom. The number of carbonyl (C=O) groups is 1. The van der Waals surface area contributed by atoms with Crippen molar-refractivity contribution in [3.05, 3.63) is 12.2 Å². The molecule has 8 atom stereocenters. The molecule has 0 aromatic carbocycles. The summed E-state index contributed by atoms with van der Waals surface area (Å²) in [6.07, 6.45) is 24.2. The number of rotatable bonds is 38. The highest BCUT2D eigenvalue weighted by Crippen LogP contribution is 2.26. The lowest BCUT2D eigenvalue weighted by Gasteiger charge is -2.41. The Hall–Kier alpha value is -1.20. The molecular weight excluding hydrogens is 755 g/mol. The van der Waals surface area contributed by atoms with E-state index in [9.17, 15) is 38.7 Å². The molecule has 7 N–H and O–H groups in total. The molecule has 1 saturated heterocycles. The summed E-state index contributed by atoms with van der Waals surface area (Å²) >= 11 is 0. The van der Waals surface area contributed by atoms with Gasteiger partial charge in [-0.25, -0.2) is 4.18 Å². The van der Waals surface area contributed by atoms with Crippen molar-refractivity contribution in [3.8, 4) is 0 Å². The van der Waals surface area contributed by atoms with Gasteiger partial charge in [0.25, 0.3) is 0 Å². The van der Waals surface area contributed by atoms with E-state index in [1.54, 1.807) is 0 Å². The molecule has 1 fully saturated rings. The maximum Gasteiger partial charge on any atom is 0.397 e. The van der Waals surface area contributed by atoms with Gasteiger partial charge in [0.05, 0.1) is 25.4 Å². The Bertz CT molecular complexity index is 1100. The second-order valence-electron chi connectivity index (χ2n) is 16.1. The number of allylic oxidation sites excluding steroid dienone is 2. The van der Waals surface area contributed by atoms with E-state index in [4.69, 9.17) is 14.0 Å². The van der Waals surface area contributed by atoms with Crippen molar-refractivity contribution >= 4 is 16.3 Å². The molecule has 13 nitrogen and oxygen atoms in total. The standard InChI is InChI=1S/C43H83NO12S/c1-3-5-7-9-11-13-14-15-16-17-18-19-20-21-22-24-26-28-30-32-37(47)42(50)44-35(36(46)31-29-27-25-23-12-10-8-6-4-2)34-54-43-40(49)41(56-57(51,52)53)39(48)38(33-45)55-43/h18-19,35-41,43,45-49H,3-17,20-34H2,1-2H3,(H,44,50)(H,51,52,53)/b19-18-. The molecule has 1 aliphatic rings. The Morgan fingerprint density at radius 3 is 1.58 bits per heavy atom. The van der Waals surface area contributed by atoms with Crippen molar-refractivity contribution in [1.29, 1.82) is 0 Å². The van der Waals surface area contributed by atoms with E-state index < -0.39 is 78.5 Å². The molecule has 1 heterocycles. The fourth-order valence-electron chi connectivity index (χ4n) is 7.28. The molecule has 1 rings (SSSR count). The molecule has 1 aliphatic heterocycles. The zero-order valence-electron chi connectivity index (χ0n) is 35.5. The van der Waals surface area contributed by atoms with Crippen LogP contribution in [0.2, 0.25) is 0 Å². The molecule has 0 aromatic heterocycles. The Balaban J connectivity index is 2.50. The van der Waals surface area contributed by atoms with E-state index in [1.807, 2.05) is 0 Å². The maximum atomic E-state index is 13.1. The van der Waals surface area contributed by atoms with Crippen molar-refractivity contribution in [1.82, 2.24) is 5.32 Å². The number of hydrogen-bond acceptors (Lipinski definition) is 11. The Morgan fingerprint density at radius 2 is 1.12 bits per heavy atom. The van der Waals surface area contributed by atoms with E-state index in [1.165, 1.54) is 96.3 Å². The number of unbranched alkanes of at least 4 members (excludes halogenated alkanes) is 23. The average molecular weight is 838 g/mol. The van der Waals surface area contributed by atoms with Gasteiger partial charge in [-0.15, -0.1) is 0 Å². The van der Waals surface area contributed by atoms with Crippen LogP contribution >= 0.6 is 0 Å². The van der Waals surface area contributed by atoms with E-state index in [0.717, 1.165) is 57.8 Å². The van der Waals surface area contributed by atoms with Crippen LogP contribution in [-0.4, -0.2) is 107 Å². The topological polar surface area (TPSA) is 212 Å². The minimum absolute atomic E-state index is 0.254. The first-order valence-electron chi connectivity index (χ1n) is 22.7. The van der Waals surface area contributed by atoms with E-state index in [-0.39, 0.29) is 6.42 Å². The zero-order chi connectivity index (χ0) is 42.2. The maximum absolute atomic E-state index is 13.1. The summed E-state index contributed by atoms with van der Waals surface area (Å²) in [6, 6.07) is -1.03. The molecule has 8 unspecified atom stereocenters. The number of aliphatic hydroxyl groups excluding tert-OH is 5. The molecule has 1 amide bonds. The molecule has 0 radical (unpaired) electrons. The van der Waals surface area contributed by atoms with Crippen LogP contribution in [0.25, 0.3) is 0 Å². The quantitative estimate of drug-likeness (QED) is 0.0185. The fourth-order valence-corrected chi connectivity index (χ4v) is 7.79. The van der Waals surface area contributed by atoms with Crippen LogP contribution in [0.15, 0.2) is 12.2 Å². The second-order valence-corrected chi connectivity index (χ2v) is 17.2. The van der Waals surface area contributed by atoms with Gasteiger partial charge in [0.15, 0.2) is 6.29 Å². The van der Waals surface area contributed by atoms with Gasteiger partial charge in [-0.2, -0.15) is 8.42 Å². The van der Waals surface area contributed by atoms with Gasteiger partial charge in [-0.3, -0.25) is 9.35 Å². The zero-order valence-corrected chi connectivity index (χ0v) is 36.3. The lowest BCUT2D eigenvalue weighted by atomic mass is 9.99. The Labute approximate surface area is 345 Å². The third-order valence-electron chi connectivity index (χ3n) is 10.9. The van der Waals surface area contributed by atoms with Gasteiger partial charge in [0.1, 0.15) is 30.5 Å². The molecule has 57 heavy (non-hydrogen) atoms. The number of carbonyl (C=O) groups excluding carboxylic acids is 1. The first-order valence-corrected chi connectivity index (χ1v) is 24.0.